The van der Waals surface area contributed by atoms with Crippen LogP contribution in [0.2, 0.25) is 0 Å². The van der Waals surface area contributed by atoms with Gasteiger partial charge < -0.3 is 9.73 Å². The van der Waals surface area contributed by atoms with Crippen LogP contribution in [0.15, 0.2) is 77.9 Å². The lowest BCUT2D eigenvalue weighted by atomic mass is 10.1. The molecule has 0 saturated heterocycles. The highest BCUT2D eigenvalue weighted by Crippen LogP contribution is 2.18. The van der Waals surface area contributed by atoms with Gasteiger partial charge in [0.1, 0.15) is 5.69 Å². The van der Waals surface area contributed by atoms with Gasteiger partial charge in [0.2, 0.25) is 0 Å². The molecule has 5 heteroatoms. The Balaban J connectivity index is 1.48. The largest absolute Gasteiger partial charge is 0.472 e. The molecular weight excluding hydrogens is 314 g/mol. The molecular formula is C20H15N3O2. The van der Waals surface area contributed by atoms with Crippen molar-refractivity contribution in [2.75, 3.05) is 0 Å². The molecule has 25 heavy (non-hydrogen) atoms. The van der Waals surface area contributed by atoms with Gasteiger partial charge in [0, 0.05) is 29.9 Å². The number of amides is 1. The third-order valence-corrected chi connectivity index (χ3v) is 3.98. The molecule has 0 aliphatic rings. The van der Waals surface area contributed by atoms with Crippen LogP contribution < -0.4 is 5.32 Å². The van der Waals surface area contributed by atoms with Gasteiger partial charge in [0.05, 0.1) is 18.2 Å². The van der Waals surface area contributed by atoms with Crippen LogP contribution in [0.25, 0.3) is 22.0 Å². The first-order chi connectivity index (χ1) is 12.3. The van der Waals surface area contributed by atoms with Gasteiger partial charge in [0.15, 0.2) is 0 Å². The van der Waals surface area contributed by atoms with Gasteiger partial charge in [-0.1, -0.05) is 30.3 Å². The number of nitrogens with zero attached hydrogens (tertiary/aromatic N) is 2. The highest BCUT2D eigenvalue weighted by atomic mass is 16.3. The van der Waals surface area contributed by atoms with Crippen molar-refractivity contribution < 1.29 is 9.21 Å². The predicted octanol–water partition coefficient (Wildman–Crippen LogP) is 3.82. The number of hydrogen-bond donors (Lipinski definition) is 1. The summed E-state index contributed by atoms with van der Waals surface area (Å²) in [4.78, 5) is 21.1. The number of carbonyl (C=O) groups excluding carboxylic acids is 1. The van der Waals surface area contributed by atoms with Crippen molar-refractivity contribution in [3.63, 3.8) is 0 Å². The third-order valence-electron chi connectivity index (χ3n) is 3.98. The fraction of sp³-hybridized carbons (Fsp3) is 0.0500. The molecule has 0 unspecified atom stereocenters. The van der Waals surface area contributed by atoms with E-state index < -0.39 is 0 Å². The summed E-state index contributed by atoms with van der Waals surface area (Å²) in [7, 11) is 0. The first-order valence-corrected chi connectivity index (χ1v) is 7.91. The van der Waals surface area contributed by atoms with E-state index >= 15 is 0 Å². The van der Waals surface area contributed by atoms with Crippen molar-refractivity contribution in [3.8, 4) is 11.3 Å². The number of rotatable bonds is 4. The summed E-state index contributed by atoms with van der Waals surface area (Å²) in [5.74, 6) is -0.198. The van der Waals surface area contributed by atoms with Crippen molar-refractivity contribution in [2.45, 2.75) is 6.54 Å². The molecule has 122 valence electrons. The highest BCUT2D eigenvalue weighted by molar-refractivity contribution is 6.05. The fourth-order valence-electron chi connectivity index (χ4n) is 2.68. The van der Waals surface area contributed by atoms with E-state index in [1.807, 2.05) is 48.5 Å². The molecule has 1 aromatic carbocycles. The van der Waals surface area contributed by atoms with Crippen LogP contribution in [0.5, 0.6) is 0 Å². The molecule has 4 aromatic rings. The van der Waals surface area contributed by atoms with E-state index in [-0.39, 0.29) is 5.91 Å². The predicted molar refractivity (Wildman–Crippen MR) is 94.9 cm³/mol. The SMILES string of the molecule is O=C(NCc1ccc(-c2ccoc2)nc1)c1nccc2ccccc12. The number of fused-ring (bicyclic) bond motifs is 1. The van der Waals surface area contributed by atoms with Crippen LogP contribution in [-0.2, 0) is 6.54 Å². The van der Waals surface area contributed by atoms with Gasteiger partial charge in [-0.3, -0.25) is 14.8 Å². The minimum atomic E-state index is -0.198. The molecule has 0 bridgehead atoms. The number of carbonyl (C=O) groups is 1. The van der Waals surface area contributed by atoms with E-state index in [0.717, 1.165) is 27.6 Å². The van der Waals surface area contributed by atoms with Crippen molar-refractivity contribution >= 4 is 16.7 Å². The Kier molecular flexibility index (Phi) is 3.96. The summed E-state index contributed by atoms with van der Waals surface area (Å²) in [5.41, 5.74) is 3.11. The van der Waals surface area contributed by atoms with Gasteiger partial charge in [-0.15, -0.1) is 0 Å². The topological polar surface area (TPSA) is 68.0 Å². The van der Waals surface area contributed by atoms with Crippen LogP contribution >= 0.6 is 0 Å². The van der Waals surface area contributed by atoms with E-state index in [4.69, 9.17) is 4.42 Å². The van der Waals surface area contributed by atoms with Gasteiger partial charge in [0.25, 0.3) is 5.91 Å². The van der Waals surface area contributed by atoms with E-state index in [0.29, 0.717) is 12.2 Å². The van der Waals surface area contributed by atoms with E-state index in [1.54, 1.807) is 24.9 Å². The molecule has 0 aliphatic carbocycles. The molecule has 1 N–H and O–H groups in total. The van der Waals surface area contributed by atoms with Gasteiger partial charge in [-0.25, -0.2) is 0 Å². The minimum Gasteiger partial charge on any atom is -0.472 e. The maximum atomic E-state index is 12.5. The molecule has 4 rings (SSSR count). The number of nitrogens with one attached hydrogen (secondary N) is 1. The van der Waals surface area contributed by atoms with E-state index in [9.17, 15) is 4.79 Å². The number of furan rings is 1. The zero-order valence-electron chi connectivity index (χ0n) is 13.3. The second-order valence-electron chi connectivity index (χ2n) is 5.63. The average Bonchev–Trinajstić information content (AvgIpc) is 3.21. The quantitative estimate of drug-likeness (QED) is 0.618. The zero-order chi connectivity index (χ0) is 17.1. The monoisotopic (exact) mass is 329 g/mol. The highest BCUT2D eigenvalue weighted by Gasteiger charge is 2.11. The van der Waals surface area contributed by atoms with Crippen molar-refractivity contribution in [1.82, 2.24) is 15.3 Å². The van der Waals surface area contributed by atoms with E-state index in [2.05, 4.69) is 15.3 Å². The minimum absolute atomic E-state index is 0.198. The van der Waals surface area contributed by atoms with Crippen LogP contribution in [0, 0.1) is 0 Å². The Morgan fingerprint density at radius 3 is 2.76 bits per heavy atom. The third kappa shape index (κ3) is 3.12. The number of aromatic nitrogens is 2. The first-order valence-electron chi connectivity index (χ1n) is 7.91. The first kappa shape index (κ1) is 15.1. The maximum absolute atomic E-state index is 12.5. The molecule has 3 aromatic heterocycles. The summed E-state index contributed by atoms with van der Waals surface area (Å²) in [6, 6.07) is 15.3. The van der Waals surface area contributed by atoms with Crippen molar-refractivity contribution in [2.24, 2.45) is 0 Å². The van der Waals surface area contributed by atoms with E-state index in [1.165, 1.54) is 0 Å². The number of hydrogen-bond acceptors (Lipinski definition) is 4. The van der Waals surface area contributed by atoms with Crippen LogP contribution in [0.4, 0.5) is 0 Å². The smallest absolute Gasteiger partial charge is 0.270 e. The molecule has 0 saturated carbocycles. The van der Waals surface area contributed by atoms with Crippen LogP contribution in [0.1, 0.15) is 16.1 Å². The van der Waals surface area contributed by atoms with Crippen molar-refractivity contribution in [3.05, 3.63) is 84.7 Å². The normalized spacial score (nSPS) is 10.7. The molecule has 0 spiro atoms. The summed E-state index contributed by atoms with van der Waals surface area (Å²) in [6.45, 7) is 0.391. The second-order valence-corrected chi connectivity index (χ2v) is 5.63. The van der Waals surface area contributed by atoms with Gasteiger partial charge in [-0.05, 0) is 29.1 Å². The second kappa shape index (κ2) is 6.57. The standard InChI is InChI=1S/C20H15N3O2/c24-20(19-17-4-2-1-3-15(17)7-9-21-19)23-12-14-5-6-18(22-11-14)16-8-10-25-13-16/h1-11,13H,12H2,(H,23,24). The Morgan fingerprint density at radius 2 is 1.96 bits per heavy atom. The van der Waals surface area contributed by atoms with Gasteiger partial charge in [-0.2, -0.15) is 0 Å². The summed E-state index contributed by atoms with van der Waals surface area (Å²) >= 11 is 0. The zero-order valence-corrected chi connectivity index (χ0v) is 13.3. The lowest BCUT2D eigenvalue weighted by Crippen LogP contribution is -2.24. The molecule has 0 fully saturated rings. The van der Waals surface area contributed by atoms with Crippen LogP contribution in [-0.4, -0.2) is 15.9 Å². The Labute approximate surface area is 144 Å². The Bertz CT molecular complexity index is 1000. The summed E-state index contributed by atoms with van der Waals surface area (Å²) in [5, 5.41) is 4.74. The Hall–Kier alpha value is -3.47. The summed E-state index contributed by atoms with van der Waals surface area (Å²) in [6.07, 6.45) is 6.66. The van der Waals surface area contributed by atoms with Gasteiger partial charge >= 0.3 is 0 Å². The molecule has 0 radical (unpaired) electrons. The summed E-state index contributed by atoms with van der Waals surface area (Å²) < 4.78 is 5.06. The fourth-order valence-corrected chi connectivity index (χ4v) is 2.68. The lowest BCUT2D eigenvalue weighted by Gasteiger charge is -2.07. The molecule has 1 amide bonds. The number of benzene rings is 1. The van der Waals surface area contributed by atoms with Crippen molar-refractivity contribution in [1.29, 1.82) is 0 Å². The lowest BCUT2D eigenvalue weighted by molar-refractivity contribution is 0.0948. The molecule has 3 heterocycles. The molecule has 0 atom stereocenters. The Morgan fingerprint density at radius 1 is 1.04 bits per heavy atom. The number of pyridine rings is 2. The van der Waals surface area contributed by atoms with Crippen LogP contribution in [0.3, 0.4) is 0 Å². The average molecular weight is 329 g/mol. The maximum Gasteiger partial charge on any atom is 0.270 e. The molecule has 0 aliphatic heterocycles. The molecule has 5 nitrogen and oxygen atoms in total.